The zero-order valence-electron chi connectivity index (χ0n) is 14.1. The van der Waals surface area contributed by atoms with E-state index in [0.717, 1.165) is 15.4 Å². The Labute approximate surface area is 144 Å². The van der Waals surface area contributed by atoms with E-state index in [9.17, 15) is 18.8 Å². The minimum absolute atomic E-state index is 0.0852. The summed E-state index contributed by atoms with van der Waals surface area (Å²) in [6, 6.07) is 8.15. The molecule has 5 nitrogen and oxygen atoms in total. The van der Waals surface area contributed by atoms with Gasteiger partial charge in [-0.1, -0.05) is 37.8 Å². The largest absolute Gasteiger partial charge is 0.395 e. The summed E-state index contributed by atoms with van der Waals surface area (Å²) in [5, 5.41) is 19.0. The van der Waals surface area contributed by atoms with Crippen LogP contribution in [0.3, 0.4) is 0 Å². The summed E-state index contributed by atoms with van der Waals surface area (Å²) < 4.78 is 25.4. The van der Waals surface area contributed by atoms with Crippen LogP contribution in [-0.4, -0.2) is 42.3 Å². The van der Waals surface area contributed by atoms with Crippen molar-refractivity contribution in [3.8, 4) is 17.9 Å². The SMILES string of the molecule is CCS(=O)(=O)N1[C@H](C#N)[C@H](c2ccc(C#CC(C)C)cc2)[C@@H]1CO. The molecule has 1 heterocycles. The van der Waals surface area contributed by atoms with Gasteiger partial charge >= 0.3 is 0 Å². The molecule has 1 saturated heterocycles. The fourth-order valence-electron chi connectivity index (χ4n) is 2.91. The number of nitrogens with zero attached hydrogens (tertiary/aromatic N) is 2. The molecule has 24 heavy (non-hydrogen) atoms. The first-order chi connectivity index (χ1) is 11.4. The van der Waals surface area contributed by atoms with Gasteiger partial charge in [-0.3, -0.25) is 0 Å². The Morgan fingerprint density at radius 2 is 1.92 bits per heavy atom. The highest BCUT2D eigenvalue weighted by molar-refractivity contribution is 7.89. The molecule has 0 spiro atoms. The molecule has 0 aliphatic carbocycles. The Balaban J connectivity index is 2.29. The Morgan fingerprint density at radius 1 is 1.29 bits per heavy atom. The van der Waals surface area contributed by atoms with Crippen LogP contribution in [0.5, 0.6) is 0 Å². The van der Waals surface area contributed by atoms with Crippen LogP contribution < -0.4 is 0 Å². The minimum Gasteiger partial charge on any atom is -0.395 e. The van der Waals surface area contributed by atoms with Crippen molar-refractivity contribution in [2.45, 2.75) is 38.8 Å². The molecule has 3 atom stereocenters. The fraction of sp³-hybridized carbons (Fsp3) is 0.500. The van der Waals surface area contributed by atoms with E-state index in [0.29, 0.717) is 0 Å². The first-order valence-corrected chi connectivity index (χ1v) is 9.59. The number of hydrogen-bond donors (Lipinski definition) is 1. The molecule has 6 heteroatoms. The molecule has 1 aromatic carbocycles. The molecule has 0 bridgehead atoms. The lowest BCUT2D eigenvalue weighted by molar-refractivity contribution is 0.0558. The number of benzene rings is 1. The van der Waals surface area contributed by atoms with Crippen LogP contribution in [0.2, 0.25) is 0 Å². The van der Waals surface area contributed by atoms with Crippen molar-refractivity contribution in [2.75, 3.05) is 12.4 Å². The van der Waals surface area contributed by atoms with E-state index in [4.69, 9.17) is 0 Å². The first-order valence-electron chi connectivity index (χ1n) is 7.98. The normalized spacial score (nSPS) is 23.9. The van der Waals surface area contributed by atoms with Crippen LogP contribution in [0.25, 0.3) is 0 Å². The lowest BCUT2D eigenvalue weighted by Crippen LogP contribution is -2.65. The summed E-state index contributed by atoms with van der Waals surface area (Å²) in [7, 11) is -3.52. The molecule has 0 amide bonds. The molecule has 1 aliphatic heterocycles. The van der Waals surface area contributed by atoms with E-state index in [2.05, 4.69) is 17.9 Å². The van der Waals surface area contributed by atoms with Crippen molar-refractivity contribution < 1.29 is 13.5 Å². The van der Waals surface area contributed by atoms with Gasteiger partial charge in [-0.15, -0.1) is 0 Å². The molecule has 0 saturated carbocycles. The van der Waals surface area contributed by atoms with Gasteiger partial charge in [-0.2, -0.15) is 9.57 Å². The predicted octanol–water partition coefficient (Wildman–Crippen LogP) is 1.70. The van der Waals surface area contributed by atoms with Gasteiger partial charge in [0.15, 0.2) is 0 Å². The van der Waals surface area contributed by atoms with Crippen molar-refractivity contribution in [3.05, 3.63) is 35.4 Å². The fourth-order valence-corrected chi connectivity index (χ4v) is 4.35. The Hall–Kier alpha value is -1.86. The molecule has 1 aliphatic rings. The van der Waals surface area contributed by atoms with Gasteiger partial charge in [0.2, 0.25) is 10.0 Å². The van der Waals surface area contributed by atoms with Gasteiger partial charge in [0.1, 0.15) is 6.04 Å². The summed E-state index contributed by atoms with van der Waals surface area (Å²) in [4.78, 5) is 0. The highest BCUT2D eigenvalue weighted by Gasteiger charge is 2.54. The van der Waals surface area contributed by atoms with Crippen molar-refractivity contribution in [1.29, 1.82) is 5.26 Å². The third-order valence-electron chi connectivity index (χ3n) is 4.16. The van der Waals surface area contributed by atoms with Gasteiger partial charge in [0, 0.05) is 17.4 Å². The van der Waals surface area contributed by atoms with Crippen molar-refractivity contribution >= 4 is 10.0 Å². The molecule has 1 fully saturated rings. The lowest BCUT2D eigenvalue weighted by Gasteiger charge is -2.50. The molecule has 0 aromatic heterocycles. The molecule has 1 aromatic rings. The summed E-state index contributed by atoms with van der Waals surface area (Å²) in [5.74, 6) is 6.02. The van der Waals surface area contributed by atoms with Crippen LogP contribution >= 0.6 is 0 Å². The maximum atomic E-state index is 12.1. The summed E-state index contributed by atoms with van der Waals surface area (Å²) >= 11 is 0. The number of aliphatic hydroxyl groups excluding tert-OH is 1. The topological polar surface area (TPSA) is 81.4 Å². The highest BCUT2D eigenvalue weighted by atomic mass is 32.2. The maximum absolute atomic E-state index is 12.1. The van der Waals surface area contributed by atoms with Gasteiger partial charge in [-0.05, 0) is 24.6 Å². The number of sulfonamides is 1. The molecule has 0 unspecified atom stereocenters. The zero-order valence-corrected chi connectivity index (χ0v) is 14.9. The van der Waals surface area contributed by atoms with Crippen LogP contribution in [-0.2, 0) is 10.0 Å². The van der Waals surface area contributed by atoms with Crippen molar-refractivity contribution in [2.24, 2.45) is 5.92 Å². The Kier molecular flexibility index (Phi) is 5.66. The van der Waals surface area contributed by atoms with E-state index >= 15 is 0 Å². The Morgan fingerprint density at radius 3 is 2.38 bits per heavy atom. The molecular weight excluding hydrogens is 324 g/mol. The van der Waals surface area contributed by atoms with Crippen LogP contribution in [0, 0.1) is 29.1 Å². The predicted molar refractivity (Wildman–Crippen MR) is 92.5 cm³/mol. The second kappa shape index (κ2) is 7.36. The number of hydrogen-bond acceptors (Lipinski definition) is 4. The third kappa shape index (κ3) is 3.47. The maximum Gasteiger partial charge on any atom is 0.215 e. The van der Waals surface area contributed by atoms with Gasteiger partial charge in [-0.25, -0.2) is 8.42 Å². The van der Waals surface area contributed by atoms with Crippen molar-refractivity contribution in [3.63, 3.8) is 0 Å². The van der Waals surface area contributed by atoms with E-state index < -0.39 is 22.1 Å². The molecule has 128 valence electrons. The molecule has 1 N–H and O–H groups in total. The number of aliphatic hydroxyl groups is 1. The number of rotatable bonds is 4. The van der Waals surface area contributed by atoms with Crippen LogP contribution in [0.4, 0.5) is 0 Å². The zero-order chi connectivity index (χ0) is 17.9. The van der Waals surface area contributed by atoms with Crippen LogP contribution in [0.15, 0.2) is 24.3 Å². The standard InChI is InChI=1S/C18H22N2O3S/c1-4-24(22,23)20-16(11-19)18(17(20)12-21)15-9-7-14(8-10-15)6-5-13(2)3/h7-10,13,16-18,21H,4,12H2,1-3H3/t16-,17+,18+/m1/s1. The van der Waals surface area contributed by atoms with Gasteiger partial charge in [0.05, 0.1) is 24.5 Å². The van der Waals surface area contributed by atoms with Gasteiger partial charge < -0.3 is 5.11 Å². The average Bonchev–Trinajstić information content (AvgIpc) is 2.53. The quantitative estimate of drug-likeness (QED) is 0.841. The average molecular weight is 346 g/mol. The minimum atomic E-state index is -3.52. The summed E-state index contributed by atoms with van der Waals surface area (Å²) in [6.07, 6.45) is 0. The second-order valence-electron chi connectivity index (χ2n) is 6.13. The second-order valence-corrected chi connectivity index (χ2v) is 8.29. The van der Waals surface area contributed by atoms with Gasteiger partial charge in [0.25, 0.3) is 0 Å². The highest BCUT2D eigenvalue weighted by Crippen LogP contribution is 2.42. The molecular formula is C18H22N2O3S. The van der Waals surface area contributed by atoms with E-state index in [1.54, 1.807) is 0 Å². The molecule has 2 rings (SSSR count). The smallest absolute Gasteiger partial charge is 0.215 e. The van der Waals surface area contributed by atoms with E-state index in [1.165, 1.54) is 6.92 Å². The third-order valence-corrected chi connectivity index (χ3v) is 6.03. The summed E-state index contributed by atoms with van der Waals surface area (Å²) in [5.41, 5.74) is 1.72. The Bertz CT molecular complexity index is 782. The summed E-state index contributed by atoms with van der Waals surface area (Å²) in [6.45, 7) is 5.26. The van der Waals surface area contributed by atoms with E-state index in [-0.39, 0.29) is 24.2 Å². The van der Waals surface area contributed by atoms with Crippen LogP contribution in [0.1, 0.15) is 37.8 Å². The van der Waals surface area contributed by atoms with E-state index in [1.807, 2.05) is 38.1 Å². The van der Waals surface area contributed by atoms with Crippen molar-refractivity contribution in [1.82, 2.24) is 4.31 Å². The first kappa shape index (κ1) is 18.5. The lowest BCUT2D eigenvalue weighted by atomic mass is 9.78. The monoisotopic (exact) mass is 346 g/mol. The molecule has 0 radical (unpaired) electrons. The number of nitriles is 1.